The summed E-state index contributed by atoms with van der Waals surface area (Å²) in [6.07, 6.45) is 8.14. The fourth-order valence-electron chi connectivity index (χ4n) is 3.59. The van der Waals surface area contributed by atoms with Crippen LogP contribution in [0, 0.1) is 11.8 Å². The summed E-state index contributed by atoms with van der Waals surface area (Å²) >= 11 is 0. The van der Waals surface area contributed by atoms with E-state index in [1.807, 2.05) is 50.8 Å². The minimum Gasteiger partial charge on any atom is -0.268 e. The van der Waals surface area contributed by atoms with Gasteiger partial charge in [0.05, 0.1) is 11.7 Å². The molecule has 29 heavy (non-hydrogen) atoms. The third kappa shape index (κ3) is 5.43. The van der Waals surface area contributed by atoms with Gasteiger partial charge in [0.2, 0.25) is 0 Å². The summed E-state index contributed by atoms with van der Waals surface area (Å²) < 4.78 is 29.1. The molecule has 0 radical (unpaired) electrons. The van der Waals surface area contributed by atoms with Gasteiger partial charge in [-0.3, -0.25) is 4.68 Å². The Kier molecular flexibility index (Phi) is 7.56. The van der Waals surface area contributed by atoms with Gasteiger partial charge in [0.1, 0.15) is 0 Å². The number of fused-ring (bicyclic) bond motifs is 1. The van der Waals surface area contributed by atoms with Gasteiger partial charge >= 0.3 is 0 Å². The average Bonchev–Trinajstić information content (AvgIpc) is 3.07. The Morgan fingerprint density at radius 3 is 2.59 bits per heavy atom. The predicted octanol–water partition coefficient (Wildman–Crippen LogP) is 7.44. The number of halogens is 2. The Bertz CT molecular complexity index is 903. The summed E-state index contributed by atoms with van der Waals surface area (Å²) in [4.78, 5) is 0. The highest BCUT2D eigenvalue weighted by atomic mass is 19.3. The first-order valence-electron chi connectivity index (χ1n) is 10.4. The fraction of sp³-hybridized carbons (Fsp3) is 0.480. The van der Waals surface area contributed by atoms with Crippen LogP contribution in [0.25, 0.3) is 10.9 Å². The molecule has 0 saturated carbocycles. The van der Waals surface area contributed by atoms with Crippen molar-refractivity contribution in [2.24, 2.45) is 18.9 Å². The fourth-order valence-corrected chi connectivity index (χ4v) is 3.59. The lowest BCUT2D eigenvalue weighted by atomic mass is 9.83. The molecule has 3 rings (SSSR count). The standard InChI is InChI=1S/C13H18F2.C12H16N2/c1-5-13(14,15)12-8-10(4)6-7-11(12)9(2)3;1-4-9(2)10-5-6-12-11(7-10)8-13-14(12)3/h5-7,9-10H,1,8H2,2-4H3;5-9H,4H2,1-3H3. The maximum Gasteiger partial charge on any atom is 0.288 e. The van der Waals surface area contributed by atoms with Gasteiger partial charge in [-0.1, -0.05) is 59.4 Å². The molecule has 2 unspecified atom stereocenters. The Morgan fingerprint density at radius 2 is 2.00 bits per heavy atom. The Balaban J connectivity index is 0.000000207. The lowest BCUT2D eigenvalue weighted by Gasteiger charge is -2.26. The van der Waals surface area contributed by atoms with E-state index in [1.165, 1.54) is 22.9 Å². The lowest BCUT2D eigenvalue weighted by molar-refractivity contribution is 0.0894. The van der Waals surface area contributed by atoms with Crippen LogP contribution >= 0.6 is 0 Å². The summed E-state index contributed by atoms with van der Waals surface area (Å²) in [5.41, 5.74) is 3.62. The van der Waals surface area contributed by atoms with E-state index in [0.717, 1.165) is 11.6 Å². The Morgan fingerprint density at radius 1 is 1.31 bits per heavy atom. The van der Waals surface area contributed by atoms with Gasteiger partial charge in [-0.25, -0.2) is 0 Å². The molecule has 0 amide bonds. The summed E-state index contributed by atoms with van der Waals surface area (Å²) in [5, 5.41) is 5.48. The summed E-state index contributed by atoms with van der Waals surface area (Å²) in [6.45, 7) is 13.5. The molecular weight excluding hydrogens is 366 g/mol. The summed E-state index contributed by atoms with van der Waals surface area (Å²) in [6, 6.07) is 6.61. The van der Waals surface area contributed by atoms with E-state index in [-0.39, 0.29) is 17.4 Å². The van der Waals surface area contributed by atoms with Crippen molar-refractivity contribution >= 4 is 10.9 Å². The number of hydrogen-bond donors (Lipinski definition) is 0. The molecule has 1 aromatic heterocycles. The van der Waals surface area contributed by atoms with Crippen molar-refractivity contribution in [1.82, 2.24) is 9.78 Å². The van der Waals surface area contributed by atoms with Crippen LogP contribution in [0.2, 0.25) is 0 Å². The number of nitrogens with zero attached hydrogens (tertiary/aromatic N) is 2. The number of allylic oxidation sites excluding steroid dienone is 5. The van der Waals surface area contributed by atoms with Crippen LogP contribution < -0.4 is 0 Å². The van der Waals surface area contributed by atoms with Crippen LogP contribution in [-0.2, 0) is 7.05 Å². The number of benzene rings is 1. The summed E-state index contributed by atoms with van der Waals surface area (Å²) in [5.74, 6) is -1.90. The van der Waals surface area contributed by atoms with Gasteiger partial charge in [0.25, 0.3) is 5.92 Å². The van der Waals surface area contributed by atoms with E-state index < -0.39 is 5.92 Å². The van der Waals surface area contributed by atoms with Crippen molar-refractivity contribution in [2.45, 2.75) is 59.3 Å². The van der Waals surface area contributed by atoms with Gasteiger partial charge in [-0.15, -0.1) is 0 Å². The quantitative estimate of drug-likeness (QED) is 0.477. The van der Waals surface area contributed by atoms with Gasteiger partial charge < -0.3 is 0 Å². The summed E-state index contributed by atoms with van der Waals surface area (Å²) in [7, 11) is 1.98. The predicted molar refractivity (Wildman–Crippen MR) is 119 cm³/mol. The molecule has 0 fully saturated rings. The smallest absolute Gasteiger partial charge is 0.268 e. The Labute approximate surface area is 174 Å². The number of aromatic nitrogens is 2. The molecule has 0 bridgehead atoms. The molecular formula is C25H34F2N2. The molecule has 0 spiro atoms. The van der Waals surface area contributed by atoms with Gasteiger partial charge in [-0.05, 0) is 59.9 Å². The number of rotatable bonds is 5. The van der Waals surface area contributed by atoms with E-state index in [1.54, 1.807) is 0 Å². The molecule has 1 aliphatic rings. The van der Waals surface area contributed by atoms with Crippen molar-refractivity contribution in [3.63, 3.8) is 0 Å². The van der Waals surface area contributed by atoms with Crippen LogP contribution in [0.15, 0.2) is 60.3 Å². The zero-order valence-electron chi connectivity index (χ0n) is 18.5. The molecule has 1 heterocycles. The van der Waals surface area contributed by atoms with E-state index in [4.69, 9.17) is 0 Å². The average molecular weight is 401 g/mol. The molecule has 0 N–H and O–H groups in total. The third-order valence-corrected chi connectivity index (χ3v) is 5.71. The minimum atomic E-state index is -2.86. The molecule has 0 aliphatic heterocycles. The van der Waals surface area contributed by atoms with Gasteiger partial charge in [0, 0.05) is 18.0 Å². The van der Waals surface area contributed by atoms with Crippen LogP contribution in [-0.4, -0.2) is 15.7 Å². The van der Waals surface area contributed by atoms with Crippen LogP contribution in [0.5, 0.6) is 0 Å². The second-order valence-corrected chi connectivity index (χ2v) is 8.35. The third-order valence-electron chi connectivity index (χ3n) is 5.71. The molecule has 2 atom stereocenters. The van der Waals surface area contributed by atoms with Gasteiger partial charge in [0.15, 0.2) is 0 Å². The number of hydrogen-bond acceptors (Lipinski definition) is 1. The van der Waals surface area contributed by atoms with Crippen molar-refractivity contribution < 1.29 is 8.78 Å². The SMILES string of the molecule is C=CC(F)(F)C1=C(C(C)C)C=CC(C)C1.CCC(C)c1ccc2c(cnn2C)c1. The first-order chi connectivity index (χ1) is 13.6. The minimum absolute atomic E-state index is 0.134. The largest absolute Gasteiger partial charge is 0.288 e. The van der Waals surface area contributed by atoms with Crippen molar-refractivity contribution in [2.75, 3.05) is 0 Å². The zero-order valence-corrected chi connectivity index (χ0v) is 18.5. The molecule has 158 valence electrons. The Hall–Kier alpha value is -2.23. The molecule has 1 aromatic carbocycles. The maximum absolute atomic E-state index is 13.6. The monoisotopic (exact) mass is 400 g/mol. The molecule has 1 aliphatic carbocycles. The second kappa shape index (κ2) is 9.51. The zero-order chi connectivity index (χ0) is 21.8. The highest BCUT2D eigenvalue weighted by molar-refractivity contribution is 5.79. The van der Waals surface area contributed by atoms with Crippen LogP contribution in [0.1, 0.15) is 58.9 Å². The highest BCUT2D eigenvalue weighted by Crippen LogP contribution is 2.38. The van der Waals surface area contributed by atoms with Crippen molar-refractivity contribution in [3.05, 3.63) is 65.9 Å². The first-order valence-corrected chi connectivity index (χ1v) is 10.4. The second-order valence-electron chi connectivity index (χ2n) is 8.35. The lowest BCUT2D eigenvalue weighted by Crippen LogP contribution is -2.22. The molecule has 0 saturated heterocycles. The first kappa shape index (κ1) is 23.1. The molecule has 2 nitrogen and oxygen atoms in total. The number of aryl methyl sites for hydroxylation is 1. The molecule has 4 heteroatoms. The number of alkyl halides is 2. The van der Waals surface area contributed by atoms with E-state index in [9.17, 15) is 8.78 Å². The highest BCUT2D eigenvalue weighted by Gasteiger charge is 2.34. The van der Waals surface area contributed by atoms with E-state index in [0.29, 0.717) is 12.3 Å². The van der Waals surface area contributed by atoms with Crippen molar-refractivity contribution in [1.29, 1.82) is 0 Å². The van der Waals surface area contributed by atoms with Crippen molar-refractivity contribution in [3.8, 4) is 0 Å². The topological polar surface area (TPSA) is 17.8 Å². The van der Waals surface area contributed by atoms with Crippen LogP contribution in [0.3, 0.4) is 0 Å². The maximum atomic E-state index is 13.6. The normalized spacial score (nSPS) is 18.0. The van der Waals surface area contributed by atoms with Crippen LogP contribution in [0.4, 0.5) is 8.78 Å². The molecule has 2 aromatic rings. The van der Waals surface area contributed by atoms with Gasteiger partial charge in [-0.2, -0.15) is 13.9 Å². The van der Waals surface area contributed by atoms with E-state index in [2.05, 4.69) is 43.7 Å². The van der Waals surface area contributed by atoms with E-state index >= 15 is 0 Å².